The average Bonchev–Trinajstić information content (AvgIpc) is 3.13. The van der Waals surface area contributed by atoms with Crippen molar-refractivity contribution in [3.05, 3.63) is 86.5 Å². The number of nitrogens with zero attached hydrogens (tertiary/aromatic N) is 2. The molecule has 1 aliphatic rings. The smallest absolute Gasteiger partial charge is 0.340 e. The molecule has 1 aliphatic heterocycles. The number of rotatable bonds is 6. The van der Waals surface area contributed by atoms with E-state index in [0.717, 1.165) is 29.4 Å². The normalized spacial score (nSPS) is 21.2. The van der Waals surface area contributed by atoms with Gasteiger partial charge in [0.2, 0.25) is 0 Å². The summed E-state index contributed by atoms with van der Waals surface area (Å²) in [7, 11) is 0. The fraction of sp³-hybridized carbons (Fsp3) is 0.364. The Morgan fingerprint density at radius 1 is 1.24 bits per heavy atom. The second-order valence-corrected chi connectivity index (χ2v) is 8.38. The van der Waals surface area contributed by atoms with Gasteiger partial charge in [0.15, 0.2) is 0 Å². The Morgan fingerprint density at radius 2 is 2.07 bits per heavy atom. The molecule has 0 bridgehead atoms. The summed E-state index contributed by atoms with van der Waals surface area (Å²) in [6, 6.07) is 18.8. The SMILES string of the molecule is C[C@@H](O[C@H]1CCCN(Cc2n[nH]c(=O)[nH]2)[C@H]1c1ccccc1)c1cccc(Br)c1. The summed E-state index contributed by atoms with van der Waals surface area (Å²) in [5.41, 5.74) is 2.10. The molecule has 2 aromatic carbocycles. The number of aromatic nitrogens is 3. The topological polar surface area (TPSA) is 74.0 Å². The number of hydrogen-bond donors (Lipinski definition) is 2. The quantitative estimate of drug-likeness (QED) is 0.578. The van der Waals surface area contributed by atoms with Gasteiger partial charge in [0, 0.05) is 4.47 Å². The molecule has 0 aliphatic carbocycles. The van der Waals surface area contributed by atoms with Gasteiger partial charge in [-0.05, 0) is 49.6 Å². The fourth-order valence-electron chi connectivity index (χ4n) is 4.10. The predicted octanol–water partition coefficient (Wildman–Crippen LogP) is 4.34. The van der Waals surface area contributed by atoms with Gasteiger partial charge in [0.05, 0.1) is 24.8 Å². The zero-order valence-corrected chi connectivity index (χ0v) is 17.9. The van der Waals surface area contributed by atoms with Crippen LogP contribution in [-0.2, 0) is 11.3 Å². The number of piperidine rings is 1. The van der Waals surface area contributed by atoms with Gasteiger partial charge in [-0.1, -0.05) is 58.4 Å². The van der Waals surface area contributed by atoms with E-state index in [1.807, 2.05) is 18.2 Å². The van der Waals surface area contributed by atoms with Crippen LogP contribution in [0.25, 0.3) is 0 Å². The fourth-order valence-corrected chi connectivity index (χ4v) is 4.51. The van der Waals surface area contributed by atoms with E-state index in [-0.39, 0.29) is 23.9 Å². The highest BCUT2D eigenvalue weighted by Crippen LogP contribution is 2.37. The standard InChI is InChI=1S/C22H25BrN4O2/c1-15(17-9-5-10-18(23)13-17)29-19-11-6-12-27(14-20-24-22(28)26-25-20)21(19)16-7-3-2-4-8-16/h2-5,7-10,13,15,19,21H,6,11-12,14H2,1H3,(H2,24,25,26,28)/t15-,19+,21+/m1/s1. The first kappa shape index (κ1) is 20.1. The van der Waals surface area contributed by atoms with E-state index in [4.69, 9.17) is 4.74 Å². The molecule has 0 saturated carbocycles. The number of ether oxygens (including phenoxy) is 1. The Labute approximate surface area is 178 Å². The Morgan fingerprint density at radius 3 is 2.79 bits per heavy atom. The van der Waals surface area contributed by atoms with Gasteiger partial charge in [-0.3, -0.25) is 9.88 Å². The van der Waals surface area contributed by atoms with Crippen LogP contribution in [0.1, 0.15) is 48.9 Å². The van der Waals surface area contributed by atoms with Crippen molar-refractivity contribution >= 4 is 15.9 Å². The van der Waals surface area contributed by atoms with Crippen molar-refractivity contribution in [2.24, 2.45) is 0 Å². The molecule has 2 heterocycles. The minimum absolute atomic E-state index is 0.0196. The minimum atomic E-state index is -0.274. The summed E-state index contributed by atoms with van der Waals surface area (Å²) in [6.45, 7) is 3.61. The Hall–Kier alpha value is -2.22. The maximum atomic E-state index is 11.5. The zero-order valence-electron chi connectivity index (χ0n) is 16.3. The number of nitrogens with one attached hydrogen (secondary N) is 2. The summed E-state index contributed by atoms with van der Waals surface area (Å²) >= 11 is 3.55. The molecule has 2 N–H and O–H groups in total. The van der Waals surface area contributed by atoms with Crippen LogP contribution in [0.4, 0.5) is 0 Å². The predicted molar refractivity (Wildman–Crippen MR) is 115 cm³/mol. The molecule has 29 heavy (non-hydrogen) atoms. The van der Waals surface area contributed by atoms with Crippen LogP contribution in [0.3, 0.4) is 0 Å². The van der Waals surface area contributed by atoms with Crippen LogP contribution >= 0.6 is 15.9 Å². The van der Waals surface area contributed by atoms with Gasteiger partial charge in [0.25, 0.3) is 0 Å². The van der Waals surface area contributed by atoms with Gasteiger partial charge < -0.3 is 4.74 Å². The second-order valence-electron chi connectivity index (χ2n) is 7.46. The molecule has 152 valence electrons. The van der Waals surface area contributed by atoms with Gasteiger partial charge in [-0.25, -0.2) is 9.89 Å². The molecule has 0 amide bonds. The number of hydrogen-bond acceptors (Lipinski definition) is 4. The molecule has 1 saturated heterocycles. The number of aromatic amines is 2. The van der Waals surface area contributed by atoms with Crippen molar-refractivity contribution < 1.29 is 4.74 Å². The Kier molecular flexibility index (Phi) is 6.28. The molecule has 7 heteroatoms. The summed E-state index contributed by atoms with van der Waals surface area (Å²) in [4.78, 5) is 16.6. The van der Waals surface area contributed by atoms with Crippen LogP contribution in [0, 0.1) is 0 Å². The van der Waals surface area contributed by atoms with Crippen LogP contribution in [0.5, 0.6) is 0 Å². The van der Waals surface area contributed by atoms with E-state index in [2.05, 4.69) is 79.3 Å². The zero-order chi connectivity index (χ0) is 20.2. The molecule has 3 aromatic rings. The molecular formula is C22H25BrN4O2. The molecule has 6 nitrogen and oxygen atoms in total. The molecule has 3 atom stereocenters. The number of H-pyrrole nitrogens is 2. The Bertz CT molecular complexity index is 987. The van der Waals surface area contributed by atoms with Gasteiger partial charge in [-0.2, -0.15) is 5.10 Å². The van der Waals surface area contributed by atoms with Crippen molar-refractivity contribution in [1.29, 1.82) is 0 Å². The number of benzene rings is 2. The largest absolute Gasteiger partial charge is 0.369 e. The molecule has 1 fully saturated rings. The van der Waals surface area contributed by atoms with Crippen LogP contribution < -0.4 is 5.69 Å². The summed E-state index contributed by atoms with van der Waals surface area (Å²) in [5.74, 6) is 0.650. The third-order valence-electron chi connectivity index (χ3n) is 5.42. The van der Waals surface area contributed by atoms with Crippen LogP contribution in [0.2, 0.25) is 0 Å². The lowest BCUT2D eigenvalue weighted by Gasteiger charge is -2.42. The first-order valence-electron chi connectivity index (χ1n) is 9.93. The summed E-state index contributed by atoms with van der Waals surface area (Å²) in [5, 5.41) is 6.56. The van der Waals surface area contributed by atoms with Crippen molar-refractivity contribution in [2.45, 2.75) is 44.6 Å². The highest BCUT2D eigenvalue weighted by Gasteiger charge is 2.35. The van der Waals surface area contributed by atoms with E-state index in [1.165, 1.54) is 5.56 Å². The number of halogens is 1. The number of likely N-dealkylation sites (tertiary alicyclic amines) is 1. The van der Waals surface area contributed by atoms with Crippen LogP contribution in [0.15, 0.2) is 63.9 Å². The third-order valence-corrected chi connectivity index (χ3v) is 5.91. The van der Waals surface area contributed by atoms with E-state index in [9.17, 15) is 4.79 Å². The average molecular weight is 457 g/mol. The van der Waals surface area contributed by atoms with Crippen molar-refractivity contribution in [3.63, 3.8) is 0 Å². The van der Waals surface area contributed by atoms with Crippen LogP contribution in [-0.4, -0.2) is 32.7 Å². The lowest BCUT2D eigenvalue weighted by Crippen LogP contribution is -2.43. The minimum Gasteiger partial charge on any atom is -0.369 e. The van der Waals surface area contributed by atoms with Gasteiger partial charge in [-0.15, -0.1) is 0 Å². The van der Waals surface area contributed by atoms with E-state index in [0.29, 0.717) is 12.4 Å². The van der Waals surface area contributed by atoms with E-state index in [1.54, 1.807) is 0 Å². The second kappa shape index (κ2) is 9.07. The molecule has 0 unspecified atom stereocenters. The molecule has 0 radical (unpaired) electrons. The lowest BCUT2D eigenvalue weighted by atomic mass is 9.92. The maximum absolute atomic E-state index is 11.5. The first-order chi connectivity index (χ1) is 14.1. The third kappa shape index (κ3) is 4.86. The van der Waals surface area contributed by atoms with Gasteiger partial charge in [0.1, 0.15) is 5.82 Å². The van der Waals surface area contributed by atoms with Crippen molar-refractivity contribution in [2.75, 3.05) is 6.54 Å². The van der Waals surface area contributed by atoms with E-state index >= 15 is 0 Å². The highest BCUT2D eigenvalue weighted by atomic mass is 79.9. The maximum Gasteiger partial charge on any atom is 0.340 e. The summed E-state index contributed by atoms with van der Waals surface area (Å²) < 4.78 is 7.66. The van der Waals surface area contributed by atoms with E-state index < -0.39 is 0 Å². The molecule has 0 spiro atoms. The highest BCUT2D eigenvalue weighted by molar-refractivity contribution is 9.10. The van der Waals surface area contributed by atoms with Gasteiger partial charge >= 0.3 is 5.69 Å². The molecular weight excluding hydrogens is 432 g/mol. The van der Waals surface area contributed by atoms with Crippen molar-refractivity contribution in [1.82, 2.24) is 20.1 Å². The molecule has 1 aromatic heterocycles. The molecule has 4 rings (SSSR count). The van der Waals surface area contributed by atoms with Crippen molar-refractivity contribution in [3.8, 4) is 0 Å². The first-order valence-corrected chi connectivity index (χ1v) is 10.7. The monoisotopic (exact) mass is 456 g/mol. The summed E-state index contributed by atoms with van der Waals surface area (Å²) in [6.07, 6.45) is 2.05. The lowest BCUT2D eigenvalue weighted by molar-refractivity contribution is -0.0808. The Balaban J connectivity index is 1.59.